The molecule has 0 saturated carbocycles. The Morgan fingerprint density at radius 3 is 2.82 bits per heavy atom. The summed E-state index contributed by atoms with van der Waals surface area (Å²) in [4.78, 5) is 0.268. The minimum Gasteiger partial charge on any atom is -0.389 e. The predicted molar refractivity (Wildman–Crippen MR) is 68.4 cm³/mol. The van der Waals surface area contributed by atoms with Gasteiger partial charge in [-0.05, 0) is 36.8 Å². The maximum Gasteiger partial charge on any atom is 0.123 e. The van der Waals surface area contributed by atoms with E-state index in [1.165, 1.54) is 12.1 Å². The molecule has 0 radical (unpaired) electrons. The van der Waals surface area contributed by atoms with E-state index >= 15 is 0 Å². The molecule has 0 aliphatic rings. The van der Waals surface area contributed by atoms with E-state index in [-0.39, 0.29) is 10.8 Å². The van der Waals surface area contributed by atoms with Crippen LogP contribution in [0.5, 0.6) is 0 Å². The van der Waals surface area contributed by atoms with E-state index in [9.17, 15) is 4.39 Å². The number of hydrogen-bond acceptors (Lipinski definition) is 2. The summed E-state index contributed by atoms with van der Waals surface area (Å²) in [5.74, 6) is -0.301. The third-order valence-corrected chi connectivity index (χ3v) is 2.80. The second kappa shape index (κ2) is 4.63. The maximum absolute atomic E-state index is 13.2. The number of nitrogens with two attached hydrogens (primary N) is 1. The molecule has 1 aromatic heterocycles. The molecule has 1 heterocycles. The van der Waals surface area contributed by atoms with Gasteiger partial charge in [-0.2, -0.15) is 5.10 Å². The van der Waals surface area contributed by atoms with Gasteiger partial charge < -0.3 is 5.73 Å². The number of halogens is 1. The SMILES string of the molecule is Cc1ccnn1Cc1cc(F)ccc1C(N)=S. The van der Waals surface area contributed by atoms with Crippen molar-refractivity contribution in [1.82, 2.24) is 9.78 Å². The molecule has 88 valence electrons. The normalized spacial score (nSPS) is 10.5. The van der Waals surface area contributed by atoms with Crippen LogP contribution < -0.4 is 5.73 Å². The van der Waals surface area contributed by atoms with E-state index in [0.29, 0.717) is 12.1 Å². The Bertz CT molecular complexity index is 563. The number of thiocarbonyl (C=S) groups is 1. The van der Waals surface area contributed by atoms with Crippen LogP contribution in [0.3, 0.4) is 0 Å². The van der Waals surface area contributed by atoms with E-state index in [1.54, 1.807) is 16.9 Å². The molecule has 0 spiro atoms. The maximum atomic E-state index is 13.2. The Hall–Kier alpha value is -1.75. The van der Waals surface area contributed by atoms with Crippen molar-refractivity contribution in [3.05, 3.63) is 53.1 Å². The summed E-state index contributed by atoms with van der Waals surface area (Å²) in [5, 5.41) is 4.15. The number of rotatable bonds is 3. The predicted octanol–water partition coefficient (Wildman–Crippen LogP) is 2.01. The van der Waals surface area contributed by atoms with Crippen LogP contribution in [0.1, 0.15) is 16.8 Å². The van der Waals surface area contributed by atoms with Crippen LogP contribution in [-0.2, 0) is 6.54 Å². The van der Waals surface area contributed by atoms with Gasteiger partial charge in [-0.3, -0.25) is 4.68 Å². The third kappa shape index (κ3) is 2.50. The van der Waals surface area contributed by atoms with Crippen molar-refractivity contribution in [2.75, 3.05) is 0 Å². The molecular formula is C12H12FN3S. The number of aryl methyl sites for hydroxylation is 1. The monoisotopic (exact) mass is 249 g/mol. The van der Waals surface area contributed by atoms with Crippen molar-refractivity contribution in [3.8, 4) is 0 Å². The zero-order chi connectivity index (χ0) is 12.4. The van der Waals surface area contributed by atoms with Gasteiger partial charge >= 0.3 is 0 Å². The minimum atomic E-state index is -0.301. The van der Waals surface area contributed by atoms with E-state index in [0.717, 1.165) is 11.3 Å². The first-order chi connectivity index (χ1) is 8.08. The Balaban J connectivity index is 2.41. The van der Waals surface area contributed by atoms with Gasteiger partial charge in [-0.1, -0.05) is 12.2 Å². The Labute approximate surface area is 104 Å². The lowest BCUT2D eigenvalue weighted by Crippen LogP contribution is -2.15. The molecule has 2 aromatic rings. The summed E-state index contributed by atoms with van der Waals surface area (Å²) >= 11 is 4.95. The molecule has 0 aliphatic carbocycles. The average molecular weight is 249 g/mol. The largest absolute Gasteiger partial charge is 0.389 e. The fourth-order valence-electron chi connectivity index (χ4n) is 1.66. The van der Waals surface area contributed by atoms with Crippen molar-refractivity contribution >= 4 is 17.2 Å². The van der Waals surface area contributed by atoms with Gasteiger partial charge in [0.2, 0.25) is 0 Å². The van der Waals surface area contributed by atoms with Gasteiger partial charge in [-0.25, -0.2) is 4.39 Å². The highest BCUT2D eigenvalue weighted by atomic mass is 32.1. The topological polar surface area (TPSA) is 43.8 Å². The minimum absolute atomic E-state index is 0.268. The van der Waals surface area contributed by atoms with Crippen molar-refractivity contribution in [3.63, 3.8) is 0 Å². The molecule has 17 heavy (non-hydrogen) atoms. The van der Waals surface area contributed by atoms with Crippen LogP contribution in [0.4, 0.5) is 4.39 Å². The number of hydrogen-bond donors (Lipinski definition) is 1. The molecule has 0 atom stereocenters. The standard InChI is InChI=1S/C12H12FN3S/c1-8-4-5-15-16(8)7-9-6-10(13)2-3-11(9)12(14)17/h2-6H,7H2,1H3,(H2,14,17). The third-order valence-electron chi connectivity index (χ3n) is 2.58. The van der Waals surface area contributed by atoms with Gasteiger partial charge in [0.25, 0.3) is 0 Å². The van der Waals surface area contributed by atoms with E-state index in [4.69, 9.17) is 18.0 Å². The molecule has 3 nitrogen and oxygen atoms in total. The quantitative estimate of drug-likeness (QED) is 0.846. The first-order valence-electron chi connectivity index (χ1n) is 5.14. The van der Waals surface area contributed by atoms with Gasteiger partial charge in [0.15, 0.2) is 0 Å². The summed E-state index contributed by atoms with van der Waals surface area (Å²) in [6.45, 7) is 2.40. The van der Waals surface area contributed by atoms with Gasteiger partial charge in [0.1, 0.15) is 10.8 Å². The number of nitrogens with zero attached hydrogens (tertiary/aromatic N) is 2. The molecule has 0 fully saturated rings. The highest BCUT2D eigenvalue weighted by Crippen LogP contribution is 2.13. The summed E-state index contributed by atoms with van der Waals surface area (Å²) < 4.78 is 15.0. The average Bonchev–Trinajstić information content (AvgIpc) is 2.64. The van der Waals surface area contributed by atoms with E-state index in [1.807, 2.05) is 13.0 Å². The molecular weight excluding hydrogens is 237 g/mol. The fraction of sp³-hybridized carbons (Fsp3) is 0.167. The lowest BCUT2D eigenvalue weighted by molar-refractivity contribution is 0.616. The molecule has 1 aromatic carbocycles. The van der Waals surface area contributed by atoms with Crippen molar-refractivity contribution in [2.24, 2.45) is 5.73 Å². The van der Waals surface area contributed by atoms with E-state index in [2.05, 4.69) is 5.10 Å². The Morgan fingerprint density at radius 1 is 1.47 bits per heavy atom. The summed E-state index contributed by atoms with van der Waals surface area (Å²) in [5.41, 5.74) is 8.05. The lowest BCUT2D eigenvalue weighted by atomic mass is 10.1. The number of benzene rings is 1. The zero-order valence-electron chi connectivity index (χ0n) is 9.35. The first kappa shape index (κ1) is 11.7. The second-order valence-corrected chi connectivity index (χ2v) is 4.24. The van der Waals surface area contributed by atoms with E-state index < -0.39 is 0 Å². The number of aromatic nitrogens is 2. The molecule has 0 amide bonds. The zero-order valence-corrected chi connectivity index (χ0v) is 10.2. The van der Waals surface area contributed by atoms with Crippen molar-refractivity contribution < 1.29 is 4.39 Å². The Morgan fingerprint density at radius 2 is 2.24 bits per heavy atom. The molecule has 5 heteroatoms. The Kier molecular flexibility index (Phi) is 3.19. The van der Waals surface area contributed by atoms with Gasteiger partial charge in [-0.15, -0.1) is 0 Å². The molecule has 2 N–H and O–H groups in total. The highest BCUT2D eigenvalue weighted by Gasteiger charge is 2.08. The van der Waals surface area contributed by atoms with Crippen LogP contribution in [0.2, 0.25) is 0 Å². The fourth-order valence-corrected chi connectivity index (χ4v) is 1.86. The van der Waals surface area contributed by atoms with Crippen LogP contribution >= 0.6 is 12.2 Å². The summed E-state index contributed by atoms with van der Waals surface area (Å²) in [7, 11) is 0. The summed E-state index contributed by atoms with van der Waals surface area (Å²) in [6, 6.07) is 6.29. The van der Waals surface area contributed by atoms with Crippen LogP contribution in [0.25, 0.3) is 0 Å². The molecule has 0 bridgehead atoms. The smallest absolute Gasteiger partial charge is 0.123 e. The summed E-state index contributed by atoms with van der Waals surface area (Å²) in [6.07, 6.45) is 1.70. The van der Waals surface area contributed by atoms with Crippen molar-refractivity contribution in [1.29, 1.82) is 0 Å². The van der Waals surface area contributed by atoms with Crippen LogP contribution in [-0.4, -0.2) is 14.8 Å². The molecule has 0 aliphatic heterocycles. The molecule has 0 saturated heterocycles. The van der Waals surface area contributed by atoms with Gasteiger partial charge in [0.05, 0.1) is 6.54 Å². The first-order valence-corrected chi connectivity index (χ1v) is 5.55. The molecule has 2 rings (SSSR count). The second-order valence-electron chi connectivity index (χ2n) is 3.80. The molecule has 0 unspecified atom stereocenters. The van der Waals surface area contributed by atoms with Crippen molar-refractivity contribution in [2.45, 2.75) is 13.5 Å². The highest BCUT2D eigenvalue weighted by molar-refractivity contribution is 7.80. The van der Waals surface area contributed by atoms with Crippen LogP contribution in [0, 0.1) is 12.7 Å². The lowest BCUT2D eigenvalue weighted by Gasteiger charge is -2.10. The van der Waals surface area contributed by atoms with Gasteiger partial charge in [0, 0.05) is 17.5 Å². The van der Waals surface area contributed by atoms with Crippen LogP contribution in [0.15, 0.2) is 30.5 Å².